The summed E-state index contributed by atoms with van der Waals surface area (Å²) in [6.45, 7) is 3.55. The van der Waals surface area contributed by atoms with E-state index >= 15 is 0 Å². The number of nitrogens with one attached hydrogen (secondary N) is 2. The normalized spacial score (nSPS) is 15.8. The first kappa shape index (κ1) is 21.1. The van der Waals surface area contributed by atoms with Gasteiger partial charge in [0.25, 0.3) is 5.56 Å². The lowest BCUT2D eigenvalue weighted by Gasteiger charge is -2.17. The number of nitrogens with zero attached hydrogens (tertiary/aromatic N) is 1. The molecule has 6 nitrogen and oxygen atoms in total. The number of rotatable bonds is 10. The Morgan fingerprint density at radius 3 is 2.86 bits per heavy atom. The molecular formula is C23H31N3O3. The van der Waals surface area contributed by atoms with E-state index in [1.165, 1.54) is 48.1 Å². The lowest BCUT2D eigenvalue weighted by Crippen LogP contribution is -2.28. The number of H-pyrrole nitrogens is 1. The summed E-state index contributed by atoms with van der Waals surface area (Å²) in [6, 6.07) is 10.0. The van der Waals surface area contributed by atoms with Gasteiger partial charge >= 0.3 is 5.69 Å². The Morgan fingerprint density at radius 1 is 1.24 bits per heavy atom. The van der Waals surface area contributed by atoms with Crippen molar-refractivity contribution in [3.8, 4) is 5.75 Å². The van der Waals surface area contributed by atoms with Crippen molar-refractivity contribution in [1.29, 1.82) is 0 Å². The fourth-order valence-electron chi connectivity index (χ4n) is 3.61. The maximum atomic E-state index is 11.6. The molecule has 6 heteroatoms. The molecule has 1 fully saturated rings. The van der Waals surface area contributed by atoms with Gasteiger partial charge in [-0.1, -0.05) is 24.3 Å². The van der Waals surface area contributed by atoms with Crippen molar-refractivity contribution in [3.05, 3.63) is 75.1 Å². The van der Waals surface area contributed by atoms with Crippen LogP contribution in [0.2, 0.25) is 0 Å². The smallest absolute Gasteiger partial charge is 0.328 e. The van der Waals surface area contributed by atoms with E-state index in [4.69, 9.17) is 4.74 Å². The number of allylic oxidation sites excluding steroid dienone is 2. The molecule has 156 valence electrons. The molecule has 2 aromatic rings. The lowest BCUT2D eigenvalue weighted by atomic mass is 10.1. The number of hydrogen-bond acceptors (Lipinski definition) is 4. The van der Waals surface area contributed by atoms with Crippen LogP contribution in [0, 0.1) is 0 Å². The molecule has 0 radical (unpaired) electrons. The van der Waals surface area contributed by atoms with Crippen LogP contribution < -0.4 is 21.3 Å². The second kappa shape index (κ2) is 10.8. The third kappa shape index (κ3) is 6.75. The van der Waals surface area contributed by atoms with E-state index in [0.717, 1.165) is 25.1 Å². The Labute approximate surface area is 171 Å². The largest absolute Gasteiger partial charge is 0.490 e. The van der Waals surface area contributed by atoms with E-state index in [2.05, 4.69) is 41.5 Å². The lowest BCUT2D eigenvalue weighted by molar-refractivity contribution is 0.209. The van der Waals surface area contributed by atoms with Crippen LogP contribution >= 0.6 is 0 Å². The highest BCUT2D eigenvalue weighted by molar-refractivity contribution is 5.30. The Kier molecular flexibility index (Phi) is 7.87. The van der Waals surface area contributed by atoms with Crippen LogP contribution in [0.3, 0.4) is 0 Å². The van der Waals surface area contributed by atoms with Crippen molar-refractivity contribution in [3.63, 3.8) is 0 Å². The zero-order chi connectivity index (χ0) is 20.5. The highest BCUT2D eigenvalue weighted by Crippen LogP contribution is 2.26. The number of benzene rings is 1. The van der Waals surface area contributed by atoms with Gasteiger partial charge in [-0.25, -0.2) is 4.79 Å². The van der Waals surface area contributed by atoms with Gasteiger partial charge in [0.1, 0.15) is 5.75 Å². The summed E-state index contributed by atoms with van der Waals surface area (Å²) < 4.78 is 7.58. The first-order valence-corrected chi connectivity index (χ1v) is 10.6. The molecule has 1 aromatic carbocycles. The minimum absolute atomic E-state index is 0.269. The molecule has 1 heterocycles. The third-order valence-corrected chi connectivity index (χ3v) is 5.33. The predicted molar refractivity (Wildman–Crippen MR) is 115 cm³/mol. The molecule has 0 saturated heterocycles. The molecule has 1 aliphatic carbocycles. The molecule has 0 spiro atoms. The van der Waals surface area contributed by atoms with E-state index in [-0.39, 0.29) is 17.3 Å². The van der Waals surface area contributed by atoms with Gasteiger partial charge in [0.2, 0.25) is 0 Å². The molecule has 1 atom stereocenters. The van der Waals surface area contributed by atoms with Crippen LogP contribution in [0.5, 0.6) is 5.75 Å². The Morgan fingerprint density at radius 2 is 2.07 bits per heavy atom. The van der Waals surface area contributed by atoms with E-state index in [9.17, 15) is 9.59 Å². The van der Waals surface area contributed by atoms with Crippen molar-refractivity contribution in [2.45, 2.75) is 64.1 Å². The second-order valence-corrected chi connectivity index (χ2v) is 7.65. The molecule has 0 bridgehead atoms. The first-order chi connectivity index (χ1) is 14.1. The van der Waals surface area contributed by atoms with Crippen LogP contribution in [-0.2, 0) is 6.54 Å². The second-order valence-electron chi connectivity index (χ2n) is 7.65. The Balaban J connectivity index is 1.36. The molecule has 29 heavy (non-hydrogen) atoms. The quantitative estimate of drug-likeness (QED) is 0.475. The van der Waals surface area contributed by atoms with Crippen LogP contribution in [-0.4, -0.2) is 22.2 Å². The summed E-state index contributed by atoms with van der Waals surface area (Å²) in [5.41, 5.74) is 0.497. The van der Waals surface area contributed by atoms with E-state index in [0.29, 0.717) is 12.6 Å². The van der Waals surface area contributed by atoms with Gasteiger partial charge in [0, 0.05) is 24.8 Å². The molecular weight excluding hydrogens is 366 g/mol. The average molecular weight is 398 g/mol. The monoisotopic (exact) mass is 397 g/mol. The maximum Gasteiger partial charge on any atom is 0.328 e. The Hall–Kier alpha value is -2.60. The molecule has 0 unspecified atom stereocenters. The Bertz CT molecular complexity index is 910. The van der Waals surface area contributed by atoms with Gasteiger partial charge in [0.15, 0.2) is 0 Å². The van der Waals surface area contributed by atoms with E-state index < -0.39 is 0 Å². The fraction of sp³-hybridized carbons (Fsp3) is 0.478. The fourth-order valence-corrected chi connectivity index (χ4v) is 3.61. The van der Waals surface area contributed by atoms with Gasteiger partial charge in [-0.05, 0) is 69.7 Å². The number of unbranched alkanes of at least 4 members (excludes halogenated alkanes) is 1. The highest BCUT2D eigenvalue weighted by atomic mass is 16.5. The zero-order valence-corrected chi connectivity index (χ0v) is 17.1. The predicted octanol–water partition coefficient (Wildman–Crippen LogP) is 3.55. The number of hydrogen-bond donors (Lipinski definition) is 2. The average Bonchev–Trinajstić information content (AvgIpc) is 3.21. The molecule has 1 saturated carbocycles. The number of aromatic nitrogens is 2. The van der Waals surface area contributed by atoms with Gasteiger partial charge in [-0.15, -0.1) is 0 Å². The van der Waals surface area contributed by atoms with Gasteiger partial charge in [-0.2, -0.15) is 0 Å². The first-order valence-electron chi connectivity index (χ1n) is 10.6. The van der Waals surface area contributed by atoms with Gasteiger partial charge in [0.05, 0.1) is 6.10 Å². The number of ether oxygens (including phenoxy) is 1. The molecule has 0 aliphatic heterocycles. The summed E-state index contributed by atoms with van der Waals surface area (Å²) in [4.78, 5) is 24.9. The summed E-state index contributed by atoms with van der Waals surface area (Å²) >= 11 is 0. The van der Waals surface area contributed by atoms with E-state index in [1.807, 2.05) is 12.1 Å². The number of aromatic amines is 1. The van der Waals surface area contributed by atoms with Gasteiger partial charge < -0.3 is 10.1 Å². The highest BCUT2D eigenvalue weighted by Gasteiger charge is 2.16. The summed E-state index contributed by atoms with van der Waals surface area (Å²) in [6.07, 6.45) is 12.8. The molecule has 0 amide bonds. The minimum atomic E-state index is -0.378. The zero-order valence-electron chi connectivity index (χ0n) is 17.1. The molecule has 2 N–H and O–H groups in total. The van der Waals surface area contributed by atoms with Crippen LogP contribution in [0.25, 0.3) is 0 Å². The third-order valence-electron chi connectivity index (χ3n) is 5.33. The van der Waals surface area contributed by atoms with Crippen molar-refractivity contribution in [2.75, 3.05) is 6.54 Å². The van der Waals surface area contributed by atoms with Gasteiger partial charge in [-0.3, -0.25) is 14.3 Å². The van der Waals surface area contributed by atoms with Crippen molar-refractivity contribution < 1.29 is 4.74 Å². The summed E-state index contributed by atoms with van der Waals surface area (Å²) in [5.74, 6) is 0.975. The summed E-state index contributed by atoms with van der Waals surface area (Å²) in [5, 5.41) is 3.56. The minimum Gasteiger partial charge on any atom is -0.490 e. The van der Waals surface area contributed by atoms with Crippen LogP contribution in [0.15, 0.2) is 58.3 Å². The summed E-state index contributed by atoms with van der Waals surface area (Å²) in [7, 11) is 0. The molecule has 3 rings (SSSR count). The van der Waals surface area contributed by atoms with Crippen LogP contribution in [0.1, 0.15) is 57.1 Å². The van der Waals surface area contributed by atoms with Crippen molar-refractivity contribution >= 4 is 0 Å². The van der Waals surface area contributed by atoms with Crippen LogP contribution in [0.4, 0.5) is 0 Å². The van der Waals surface area contributed by atoms with E-state index in [1.54, 1.807) is 0 Å². The SMILES string of the molecule is C[C@@H](NCCC/C=C/Cn1ccc(=O)[nH]c1=O)c1cccc(OC2CCCC2)c1. The topological polar surface area (TPSA) is 76.1 Å². The molecule has 1 aliphatic rings. The van der Waals surface area contributed by atoms with Crippen molar-refractivity contribution in [1.82, 2.24) is 14.9 Å². The molecule has 1 aromatic heterocycles. The maximum absolute atomic E-state index is 11.6. The standard InChI is InChI=1S/C23H31N3O3/c1-18(19-9-8-12-21(17-19)29-20-10-4-5-11-20)24-14-6-2-3-7-15-26-16-13-22(27)25-23(26)28/h3,7-9,12-13,16-18,20,24H,2,4-6,10-11,14-15H2,1H3,(H,25,27,28)/b7-3+/t18-/m1/s1. The van der Waals surface area contributed by atoms with Crippen molar-refractivity contribution in [2.24, 2.45) is 0 Å².